The van der Waals surface area contributed by atoms with E-state index in [0.717, 1.165) is 47.8 Å². The fourth-order valence-corrected chi connectivity index (χ4v) is 4.56. The summed E-state index contributed by atoms with van der Waals surface area (Å²) in [5.41, 5.74) is 4.47. The molecule has 1 amide bonds. The molecular formula is C21H25N3OS. The molecule has 0 spiro atoms. The minimum atomic E-state index is 0.235. The summed E-state index contributed by atoms with van der Waals surface area (Å²) < 4.78 is 2.08. The lowest BCUT2D eigenvalue weighted by molar-refractivity contribution is -0.132. The summed E-state index contributed by atoms with van der Waals surface area (Å²) in [5, 5.41) is 2.07. The molecule has 1 unspecified atom stereocenters. The van der Waals surface area contributed by atoms with Crippen molar-refractivity contribution < 1.29 is 4.79 Å². The molecule has 1 fully saturated rings. The molecule has 0 aliphatic carbocycles. The van der Waals surface area contributed by atoms with Crippen LogP contribution in [-0.2, 0) is 17.6 Å². The van der Waals surface area contributed by atoms with Gasteiger partial charge in [0.15, 0.2) is 4.96 Å². The van der Waals surface area contributed by atoms with Crippen LogP contribution in [0.2, 0.25) is 0 Å². The molecule has 26 heavy (non-hydrogen) atoms. The van der Waals surface area contributed by atoms with Crippen molar-refractivity contribution in [2.24, 2.45) is 5.92 Å². The second-order valence-corrected chi connectivity index (χ2v) is 8.16. The van der Waals surface area contributed by atoms with Gasteiger partial charge in [0.05, 0.1) is 12.1 Å². The molecule has 1 aliphatic rings. The Morgan fingerprint density at radius 2 is 2.12 bits per heavy atom. The molecule has 2 aromatic heterocycles. The standard InChI is InChI=1S/C21H25N3OS/c1-3-16-6-8-17(9-7-16)19-13-24-18(14-26-21(24)22-19)11-20(25)23-10-4-5-15(2)12-23/h6-9,13-15H,3-5,10-12H2,1-2H3. The third-order valence-corrected chi connectivity index (χ3v) is 6.17. The van der Waals surface area contributed by atoms with E-state index < -0.39 is 0 Å². The van der Waals surface area contributed by atoms with Gasteiger partial charge in [-0.05, 0) is 30.7 Å². The largest absolute Gasteiger partial charge is 0.342 e. The number of likely N-dealkylation sites (tertiary alicyclic amines) is 1. The molecule has 1 atom stereocenters. The van der Waals surface area contributed by atoms with Crippen LogP contribution in [0.1, 0.15) is 37.9 Å². The van der Waals surface area contributed by atoms with Gasteiger partial charge in [-0.2, -0.15) is 0 Å². The summed E-state index contributed by atoms with van der Waals surface area (Å²) >= 11 is 1.61. The van der Waals surface area contributed by atoms with Crippen LogP contribution in [0.3, 0.4) is 0 Å². The Bertz CT molecular complexity index is 909. The highest BCUT2D eigenvalue weighted by atomic mass is 32.1. The number of hydrogen-bond acceptors (Lipinski definition) is 3. The summed E-state index contributed by atoms with van der Waals surface area (Å²) in [4.78, 5) is 20.4. The molecule has 136 valence electrons. The maximum absolute atomic E-state index is 12.7. The highest BCUT2D eigenvalue weighted by molar-refractivity contribution is 7.15. The van der Waals surface area contributed by atoms with Crippen molar-refractivity contribution in [1.29, 1.82) is 0 Å². The van der Waals surface area contributed by atoms with Crippen LogP contribution in [0.5, 0.6) is 0 Å². The summed E-state index contributed by atoms with van der Waals surface area (Å²) in [6.45, 7) is 6.18. The number of benzene rings is 1. The number of piperidine rings is 1. The number of hydrogen-bond donors (Lipinski definition) is 0. The van der Waals surface area contributed by atoms with Gasteiger partial charge >= 0.3 is 0 Å². The summed E-state index contributed by atoms with van der Waals surface area (Å²) in [5.74, 6) is 0.847. The third kappa shape index (κ3) is 3.40. The molecule has 4 nitrogen and oxygen atoms in total. The third-order valence-electron chi connectivity index (χ3n) is 5.28. The number of nitrogens with zero attached hydrogens (tertiary/aromatic N) is 3. The molecule has 3 heterocycles. The van der Waals surface area contributed by atoms with Crippen molar-refractivity contribution in [3.05, 3.63) is 47.1 Å². The van der Waals surface area contributed by atoms with Crippen molar-refractivity contribution in [1.82, 2.24) is 14.3 Å². The normalized spacial score (nSPS) is 17.8. The highest BCUT2D eigenvalue weighted by Gasteiger charge is 2.22. The smallest absolute Gasteiger partial charge is 0.228 e. The average Bonchev–Trinajstić information content (AvgIpc) is 3.24. The number of imidazole rings is 1. The molecule has 3 aromatic rings. The quantitative estimate of drug-likeness (QED) is 0.684. The fraction of sp³-hybridized carbons (Fsp3) is 0.429. The SMILES string of the molecule is CCc1ccc(-c2cn3c(CC(=O)N4CCCC(C)C4)csc3n2)cc1. The molecule has 4 rings (SSSR count). The van der Waals surface area contributed by atoms with E-state index in [-0.39, 0.29) is 5.91 Å². The van der Waals surface area contributed by atoms with Gasteiger partial charge < -0.3 is 4.90 Å². The highest BCUT2D eigenvalue weighted by Crippen LogP contribution is 2.25. The number of carbonyl (C=O) groups excluding carboxylic acids is 1. The minimum absolute atomic E-state index is 0.235. The van der Waals surface area contributed by atoms with E-state index in [9.17, 15) is 4.79 Å². The second kappa shape index (κ2) is 7.23. The van der Waals surface area contributed by atoms with Crippen LogP contribution in [0.4, 0.5) is 0 Å². The van der Waals surface area contributed by atoms with Crippen LogP contribution in [-0.4, -0.2) is 33.3 Å². The number of rotatable bonds is 4. The van der Waals surface area contributed by atoms with Gasteiger partial charge in [-0.3, -0.25) is 9.20 Å². The van der Waals surface area contributed by atoms with E-state index in [1.54, 1.807) is 11.3 Å². The van der Waals surface area contributed by atoms with Crippen LogP contribution >= 0.6 is 11.3 Å². The first-order chi connectivity index (χ1) is 12.6. The Morgan fingerprint density at radius 1 is 1.31 bits per heavy atom. The van der Waals surface area contributed by atoms with E-state index in [1.165, 1.54) is 12.0 Å². The number of carbonyl (C=O) groups is 1. The summed E-state index contributed by atoms with van der Waals surface area (Å²) in [6, 6.07) is 8.58. The van der Waals surface area contributed by atoms with E-state index >= 15 is 0 Å². The minimum Gasteiger partial charge on any atom is -0.342 e. The molecule has 0 saturated carbocycles. The monoisotopic (exact) mass is 367 g/mol. The first kappa shape index (κ1) is 17.3. The molecule has 0 radical (unpaired) electrons. The Labute approximate surface area is 158 Å². The average molecular weight is 368 g/mol. The van der Waals surface area contributed by atoms with E-state index in [2.05, 4.69) is 54.1 Å². The number of aryl methyl sites for hydroxylation is 1. The predicted molar refractivity (Wildman–Crippen MR) is 107 cm³/mol. The maximum atomic E-state index is 12.7. The molecule has 0 N–H and O–H groups in total. The van der Waals surface area contributed by atoms with Crippen molar-refractivity contribution in [2.75, 3.05) is 13.1 Å². The Kier molecular flexibility index (Phi) is 4.81. The van der Waals surface area contributed by atoms with Gasteiger partial charge in [0.25, 0.3) is 0 Å². The topological polar surface area (TPSA) is 37.6 Å². The second-order valence-electron chi connectivity index (χ2n) is 7.32. The number of fused-ring (bicyclic) bond motifs is 1. The van der Waals surface area contributed by atoms with Gasteiger partial charge in [-0.1, -0.05) is 38.1 Å². The zero-order chi connectivity index (χ0) is 18.1. The van der Waals surface area contributed by atoms with Gasteiger partial charge in [0.1, 0.15) is 0 Å². The van der Waals surface area contributed by atoms with Crippen LogP contribution < -0.4 is 0 Å². The number of thiazole rings is 1. The lowest BCUT2D eigenvalue weighted by Gasteiger charge is -2.30. The molecule has 0 bridgehead atoms. The Morgan fingerprint density at radius 3 is 2.85 bits per heavy atom. The number of amides is 1. The number of aromatic nitrogens is 2. The van der Waals surface area contributed by atoms with Crippen molar-refractivity contribution in [3.63, 3.8) is 0 Å². The van der Waals surface area contributed by atoms with Crippen LogP contribution in [0.15, 0.2) is 35.8 Å². The van der Waals surface area contributed by atoms with Gasteiger partial charge in [0, 0.05) is 35.9 Å². The predicted octanol–water partition coefficient (Wildman–Crippen LogP) is 4.43. The molecule has 1 aromatic carbocycles. The molecule has 1 aliphatic heterocycles. The summed E-state index contributed by atoms with van der Waals surface area (Å²) in [6.07, 6.45) is 5.91. The van der Waals surface area contributed by atoms with Gasteiger partial charge in [-0.15, -0.1) is 11.3 Å². The lowest BCUT2D eigenvalue weighted by atomic mass is 10.00. The van der Waals surface area contributed by atoms with Crippen molar-refractivity contribution >= 4 is 22.2 Å². The Balaban J connectivity index is 1.54. The molecule has 1 saturated heterocycles. The zero-order valence-electron chi connectivity index (χ0n) is 15.4. The summed E-state index contributed by atoms with van der Waals surface area (Å²) in [7, 11) is 0. The van der Waals surface area contributed by atoms with E-state index in [0.29, 0.717) is 12.3 Å². The first-order valence-electron chi connectivity index (χ1n) is 9.46. The van der Waals surface area contributed by atoms with Crippen LogP contribution in [0.25, 0.3) is 16.2 Å². The fourth-order valence-electron chi connectivity index (χ4n) is 3.69. The zero-order valence-corrected chi connectivity index (χ0v) is 16.3. The maximum Gasteiger partial charge on any atom is 0.228 e. The van der Waals surface area contributed by atoms with E-state index in [4.69, 9.17) is 4.98 Å². The van der Waals surface area contributed by atoms with Crippen molar-refractivity contribution in [2.45, 2.75) is 39.5 Å². The van der Waals surface area contributed by atoms with Gasteiger partial charge in [0.2, 0.25) is 5.91 Å². The van der Waals surface area contributed by atoms with Crippen LogP contribution in [0, 0.1) is 5.92 Å². The van der Waals surface area contributed by atoms with E-state index in [1.807, 2.05) is 4.90 Å². The molecule has 5 heteroatoms. The first-order valence-corrected chi connectivity index (χ1v) is 10.3. The Hall–Kier alpha value is -2.14. The van der Waals surface area contributed by atoms with Crippen molar-refractivity contribution in [3.8, 4) is 11.3 Å². The molecular weight excluding hydrogens is 342 g/mol. The lowest BCUT2D eigenvalue weighted by Crippen LogP contribution is -2.40. The van der Waals surface area contributed by atoms with Gasteiger partial charge in [-0.25, -0.2) is 4.98 Å².